The third-order valence-electron chi connectivity index (χ3n) is 4.32. The van der Waals surface area contributed by atoms with Crippen molar-refractivity contribution in [1.82, 2.24) is 5.32 Å². The summed E-state index contributed by atoms with van der Waals surface area (Å²) in [5.41, 5.74) is 1.10. The van der Waals surface area contributed by atoms with Crippen LogP contribution in [0.15, 0.2) is 30.3 Å². The van der Waals surface area contributed by atoms with Crippen molar-refractivity contribution in [2.45, 2.75) is 45.1 Å². The molecule has 1 aliphatic rings. The number of carbonyl (C=O) groups is 2. The summed E-state index contributed by atoms with van der Waals surface area (Å²) in [7, 11) is 0. The minimum atomic E-state index is -0.775. The molecule has 0 spiro atoms. The Bertz CT molecular complexity index is 486. The van der Waals surface area contributed by atoms with E-state index in [0.29, 0.717) is 12.8 Å². The number of hydrogen-bond donors (Lipinski definition) is 2. The molecule has 0 aliphatic heterocycles. The second-order valence-electron chi connectivity index (χ2n) is 5.78. The van der Waals surface area contributed by atoms with E-state index in [1.165, 1.54) is 0 Å². The number of benzene rings is 1. The van der Waals surface area contributed by atoms with Gasteiger partial charge >= 0.3 is 5.97 Å². The zero-order chi connectivity index (χ0) is 15.2. The number of carboxylic acids is 1. The van der Waals surface area contributed by atoms with Gasteiger partial charge in [0.15, 0.2) is 0 Å². The van der Waals surface area contributed by atoms with Crippen molar-refractivity contribution >= 4 is 11.9 Å². The summed E-state index contributed by atoms with van der Waals surface area (Å²) in [4.78, 5) is 23.5. The minimum Gasteiger partial charge on any atom is -0.481 e. The maximum Gasteiger partial charge on any atom is 0.306 e. The molecule has 0 saturated heterocycles. The lowest BCUT2D eigenvalue weighted by atomic mass is 9.81. The lowest BCUT2D eigenvalue weighted by molar-refractivity contribution is -0.144. The highest BCUT2D eigenvalue weighted by Crippen LogP contribution is 2.30. The van der Waals surface area contributed by atoms with Gasteiger partial charge in [0.25, 0.3) is 0 Å². The van der Waals surface area contributed by atoms with Gasteiger partial charge < -0.3 is 10.4 Å². The van der Waals surface area contributed by atoms with Crippen LogP contribution in [0.5, 0.6) is 0 Å². The first-order valence-corrected chi connectivity index (χ1v) is 7.70. The molecule has 0 heterocycles. The van der Waals surface area contributed by atoms with Gasteiger partial charge in [-0.2, -0.15) is 0 Å². The summed E-state index contributed by atoms with van der Waals surface area (Å²) in [5.74, 6) is -1.32. The van der Waals surface area contributed by atoms with E-state index in [2.05, 4.69) is 5.32 Å². The number of carbonyl (C=O) groups excluding carboxylic acids is 1. The molecule has 0 bridgehead atoms. The Kier molecular flexibility index (Phi) is 5.37. The van der Waals surface area contributed by atoms with Crippen molar-refractivity contribution in [3.8, 4) is 0 Å². The molecule has 114 valence electrons. The highest BCUT2D eigenvalue weighted by molar-refractivity contribution is 5.80. The third kappa shape index (κ3) is 4.06. The fourth-order valence-electron chi connectivity index (χ4n) is 3.05. The molecule has 0 radical (unpaired) electrons. The predicted octanol–water partition coefficient (Wildman–Crippen LogP) is 3.14. The summed E-state index contributed by atoms with van der Waals surface area (Å²) in [6.45, 7) is 2.04. The fourth-order valence-corrected chi connectivity index (χ4v) is 3.05. The van der Waals surface area contributed by atoms with E-state index in [4.69, 9.17) is 5.11 Å². The normalized spacial score (nSPS) is 23.3. The standard InChI is InChI=1S/C17H23NO3/c1-2-15(12-7-4-3-5-8-12)18-16(19)13-9-6-10-14(11-13)17(20)21/h3-5,7-8,13-15H,2,6,9-11H2,1H3,(H,18,19)(H,20,21). The quantitative estimate of drug-likeness (QED) is 0.875. The van der Waals surface area contributed by atoms with Crippen LogP contribution in [0.1, 0.15) is 50.6 Å². The van der Waals surface area contributed by atoms with Crippen molar-refractivity contribution in [1.29, 1.82) is 0 Å². The van der Waals surface area contributed by atoms with Gasteiger partial charge in [-0.05, 0) is 31.2 Å². The van der Waals surface area contributed by atoms with Crippen LogP contribution in [0, 0.1) is 11.8 Å². The summed E-state index contributed by atoms with van der Waals surface area (Å²) in [6.07, 6.45) is 3.59. The zero-order valence-electron chi connectivity index (χ0n) is 12.4. The minimum absolute atomic E-state index is 0.00310. The van der Waals surface area contributed by atoms with Crippen LogP contribution in [-0.2, 0) is 9.59 Å². The number of hydrogen-bond acceptors (Lipinski definition) is 2. The van der Waals surface area contributed by atoms with Crippen molar-refractivity contribution in [2.75, 3.05) is 0 Å². The molecule has 2 rings (SSSR count). The largest absolute Gasteiger partial charge is 0.481 e. The fraction of sp³-hybridized carbons (Fsp3) is 0.529. The molecular weight excluding hydrogens is 266 g/mol. The van der Waals surface area contributed by atoms with E-state index in [1.54, 1.807) is 0 Å². The zero-order valence-corrected chi connectivity index (χ0v) is 12.4. The highest BCUT2D eigenvalue weighted by Gasteiger charge is 2.31. The number of nitrogens with one attached hydrogen (secondary N) is 1. The summed E-state index contributed by atoms with van der Waals surface area (Å²) in [6, 6.07) is 9.90. The van der Waals surface area contributed by atoms with Crippen LogP contribution >= 0.6 is 0 Å². The Hall–Kier alpha value is -1.84. The number of carboxylic acid groups (broad SMARTS) is 1. The first kappa shape index (κ1) is 15.5. The van der Waals surface area contributed by atoms with Crippen molar-refractivity contribution in [3.05, 3.63) is 35.9 Å². The van der Waals surface area contributed by atoms with Gasteiger partial charge in [-0.15, -0.1) is 0 Å². The smallest absolute Gasteiger partial charge is 0.306 e. The van der Waals surface area contributed by atoms with Gasteiger partial charge in [-0.25, -0.2) is 0 Å². The second-order valence-corrected chi connectivity index (χ2v) is 5.78. The van der Waals surface area contributed by atoms with Crippen LogP contribution in [0.4, 0.5) is 0 Å². The molecule has 4 nitrogen and oxygen atoms in total. The molecule has 3 atom stereocenters. The monoisotopic (exact) mass is 289 g/mol. The first-order chi connectivity index (χ1) is 10.1. The Morgan fingerprint density at radius 3 is 2.52 bits per heavy atom. The molecule has 1 fully saturated rings. The Balaban J connectivity index is 1.98. The van der Waals surface area contributed by atoms with E-state index in [1.807, 2.05) is 37.3 Å². The first-order valence-electron chi connectivity index (χ1n) is 7.70. The molecule has 1 saturated carbocycles. The molecule has 4 heteroatoms. The van der Waals surface area contributed by atoms with Gasteiger partial charge in [-0.3, -0.25) is 9.59 Å². The summed E-state index contributed by atoms with van der Waals surface area (Å²) >= 11 is 0. The van der Waals surface area contributed by atoms with Crippen LogP contribution in [-0.4, -0.2) is 17.0 Å². The van der Waals surface area contributed by atoms with Gasteiger partial charge in [0.05, 0.1) is 12.0 Å². The molecule has 21 heavy (non-hydrogen) atoms. The van der Waals surface area contributed by atoms with Crippen molar-refractivity contribution in [3.63, 3.8) is 0 Å². The van der Waals surface area contributed by atoms with Crippen LogP contribution in [0.3, 0.4) is 0 Å². The average molecular weight is 289 g/mol. The lowest BCUT2D eigenvalue weighted by Crippen LogP contribution is -2.37. The molecule has 1 aliphatic carbocycles. The summed E-state index contributed by atoms with van der Waals surface area (Å²) < 4.78 is 0. The number of rotatable bonds is 5. The van der Waals surface area contributed by atoms with Crippen LogP contribution < -0.4 is 5.32 Å². The SMILES string of the molecule is CCC(NC(=O)C1CCCC(C(=O)O)C1)c1ccccc1. The number of amides is 1. The van der Waals surface area contributed by atoms with E-state index in [9.17, 15) is 9.59 Å². The molecule has 1 aromatic rings. The lowest BCUT2D eigenvalue weighted by Gasteiger charge is -2.27. The van der Waals surface area contributed by atoms with E-state index in [-0.39, 0.29) is 23.8 Å². The van der Waals surface area contributed by atoms with E-state index >= 15 is 0 Å². The summed E-state index contributed by atoms with van der Waals surface area (Å²) in [5, 5.41) is 12.2. The number of aliphatic carboxylic acids is 1. The average Bonchev–Trinajstić information content (AvgIpc) is 2.53. The predicted molar refractivity (Wildman–Crippen MR) is 80.7 cm³/mol. The van der Waals surface area contributed by atoms with Gasteiger partial charge in [-0.1, -0.05) is 43.7 Å². The van der Waals surface area contributed by atoms with Crippen LogP contribution in [0.2, 0.25) is 0 Å². The molecule has 0 aromatic heterocycles. The molecule has 1 aromatic carbocycles. The molecule has 1 amide bonds. The van der Waals surface area contributed by atoms with Crippen molar-refractivity contribution in [2.24, 2.45) is 11.8 Å². The van der Waals surface area contributed by atoms with Gasteiger partial charge in [0.1, 0.15) is 0 Å². The van der Waals surface area contributed by atoms with E-state index in [0.717, 1.165) is 24.8 Å². The Morgan fingerprint density at radius 1 is 1.24 bits per heavy atom. The maximum absolute atomic E-state index is 12.4. The maximum atomic E-state index is 12.4. The molecule has 2 N–H and O–H groups in total. The topological polar surface area (TPSA) is 66.4 Å². The third-order valence-corrected chi connectivity index (χ3v) is 4.32. The Morgan fingerprint density at radius 2 is 1.90 bits per heavy atom. The molecular formula is C17H23NO3. The molecule has 3 unspecified atom stereocenters. The Labute approximate surface area is 125 Å². The van der Waals surface area contributed by atoms with Crippen molar-refractivity contribution < 1.29 is 14.7 Å². The van der Waals surface area contributed by atoms with Gasteiger partial charge in [0, 0.05) is 5.92 Å². The highest BCUT2D eigenvalue weighted by atomic mass is 16.4. The van der Waals surface area contributed by atoms with E-state index < -0.39 is 5.97 Å². The van der Waals surface area contributed by atoms with Crippen LogP contribution in [0.25, 0.3) is 0 Å². The second kappa shape index (κ2) is 7.25. The van der Waals surface area contributed by atoms with Gasteiger partial charge in [0.2, 0.25) is 5.91 Å².